The first-order valence-corrected chi connectivity index (χ1v) is 7.26. The van der Waals surface area contributed by atoms with Gasteiger partial charge in [-0.25, -0.2) is 0 Å². The molecule has 102 valence electrons. The van der Waals surface area contributed by atoms with E-state index in [1.165, 1.54) is 19.3 Å². The summed E-state index contributed by atoms with van der Waals surface area (Å²) in [6.07, 6.45) is 3.74. The average molecular weight is 252 g/mol. The van der Waals surface area contributed by atoms with E-state index in [1.807, 2.05) is 18.7 Å². The smallest absolute Gasteiger partial charge is 0.240 e. The van der Waals surface area contributed by atoms with Crippen molar-refractivity contribution < 1.29 is 9.90 Å². The van der Waals surface area contributed by atoms with E-state index >= 15 is 0 Å². The predicted octanol–water partition coefficient (Wildman–Crippen LogP) is 0.604. The summed E-state index contributed by atoms with van der Waals surface area (Å²) < 4.78 is 0. The highest BCUT2D eigenvalue weighted by Gasteiger charge is 2.50. The van der Waals surface area contributed by atoms with E-state index in [1.54, 1.807) is 0 Å². The van der Waals surface area contributed by atoms with Crippen molar-refractivity contribution in [1.29, 1.82) is 0 Å². The van der Waals surface area contributed by atoms with E-state index in [9.17, 15) is 9.90 Å². The number of aliphatic hydroxyl groups is 1. The lowest BCUT2D eigenvalue weighted by molar-refractivity contribution is -0.166. The van der Waals surface area contributed by atoms with Gasteiger partial charge in [-0.05, 0) is 37.1 Å². The maximum atomic E-state index is 12.4. The van der Waals surface area contributed by atoms with Crippen LogP contribution in [0, 0.1) is 17.8 Å². The third-order valence-corrected chi connectivity index (χ3v) is 5.33. The van der Waals surface area contributed by atoms with E-state index in [0.29, 0.717) is 24.9 Å². The van der Waals surface area contributed by atoms with Gasteiger partial charge in [0.05, 0.1) is 19.1 Å². The summed E-state index contributed by atoms with van der Waals surface area (Å²) in [5.74, 6) is 1.70. The first kappa shape index (κ1) is 12.4. The van der Waals surface area contributed by atoms with Crippen molar-refractivity contribution >= 4 is 5.91 Å². The molecule has 4 heteroatoms. The second-order valence-electron chi connectivity index (χ2n) is 6.69. The highest BCUT2D eigenvalue weighted by Crippen LogP contribution is 2.39. The minimum atomic E-state index is -0.649. The summed E-state index contributed by atoms with van der Waals surface area (Å²) in [7, 11) is 0. The molecule has 2 saturated heterocycles. The zero-order chi connectivity index (χ0) is 12.9. The Morgan fingerprint density at radius 2 is 2.11 bits per heavy atom. The largest absolute Gasteiger partial charge is 0.386 e. The minimum Gasteiger partial charge on any atom is -0.386 e. The maximum absolute atomic E-state index is 12.4. The molecule has 1 amide bonds. The SMILES string of the molecule is CC(C)C1(O)CN(C(=O)C2NCC3CCCC32)C1. The van der Waals surface area contributed by atoms with Crippen LogP contribution in [0.1, 0.15) is 33.1 Å². The summed E-state index contributed by atoms with van der Waals surface area (Å²) in [5, 5.41) is 13.6. The second-order valence-corrected chi connectivity index (χ2v) is 6.69. The molecule has 0 aromatic carbocycles. The molecule has 0 aromatic heterocycles. The number of carbonyl (C=O) groups is 1. The molecule has 2 aliphatic heterocycles. The van der Waals surface area contributed by atoms with Crippen LogP contribution < -0.4 is 5.32 Å². The van der Waals surface area contributed by atoms with E-state index in [-0.39, 0.29) is 17.9 Å². The van der Waals surface area contributed by atoms with Gasteiger partial charge in [0.1, 0.15) is 5.60 Å². The topological polar surface area (TPSA) is 52.6 Å². The fraction of sp³-hybridized carbons (Fsp3) is 0.929. The number of β-amino-alcohol motifs (C(OH)–C–C–N with tert-alkyl or cyclic N) is 1. The normalized spacial score (nSPS) is 37.8. The summed E-state index contributed by atoms with van der Waals surface area (Å²) in [6.45, 7) is 6.06. The fourth-order valence-electron chi connectivity index (χ4n) is 3.79. The zero-order valence-corrected chi connectivity index (χ0v) is 11.4. The molecule has 0 aromatic rings. The Morgan fingerprint density at radius 3 is 2.78 bits per heavy atom. The molecule has 0 spiro atoms. The van der Waals surface area contributed by atoms with Crippen LogP contribution >= 0.6 is 0 Å². The van der Waals surface area contributed by atoms with Crippen LogP contribution in [-0.4, -0.2) is 47.2 Å². The fourth-order valence-corrected chi connectivity index (χ4v) is 3.79. The van der Waals surface area contributed by atoms with Crippen LogP contribution in [0.15, 0.2) is 0 Å². The summed E-state index contributed by atoms with van der Waals surface area (Å²) in [5.41, 5.74) is -0.649. The van der Waals surface area contributed by atoms with Crippen molar-refractivity contribution in [3.05, 3.63) is 0 Å². The van der Waals surface area contributed by atoms with E-state index in [0.717, 1.165) is 6.54 Å². The lowest BCUT2D eigenvalue weighted by Crippen LogP contribution is -2.68. The quantitative estimate of drug-likeness (QED) is 0.757. The number of carbonyl (C=O) groups excluding carboxylic acids is 1. The van der Waals surface area contributed by atoms with Crippen LogP contribution in [0.3, 0.4) is 0 Å². The Morgan fingerprint density at radius 1 is 1.39 bits per heavy atom. The maximum Gasteiger partial charge on any atom is 0.240 e. The molecule has 3 rings (SSSR count). The van der Waals surface area contributed by atoms with Crippen LogP contribution in [0.25, 0.3) is 0 Å². The standard InChI is InChI=1S/C14H24N2O2/c1-9(2)14(18)7-16(8-14)13(17)12-11-5-3-4-10(11)6-15-12/h9-12,15,18H,3-8H2,1-2H3. The first-order chi connectivity index (χ1) is 8.51. The Labute approximate surface area is 109 Å². The molecule has 2 N–H and O–H groups in total. The van der Waals surface area contributed by atoms with Crippen molar-refractivity contribution in [3.63, 3.8) is 0 Å². The summed E-state index contributed by atoms with van der Waals surface area (Å²) in [6, 6.07) is 0.0224. The third-order valence-electron chi connectivity index (χ3n) is 5.33. The minimum absolute atomic E-state index is 0.0224. The van der Waals surface area contributed by atoms with E-state index < -0.39 is 5.60 Å². The van der Waals surface area contributed by atoms with Gasteiger partial charge < -0.3 is 15.3 Å². The van der Waals surface area contributed by atoms with Crippen molar-refractivity contribution in [1.82, 2.24) is 10.2 Å². The van der Waals surface area contributed by atoms with Gasteiger partial charge in [-0.2, -0.15) is 0 Å². The Bertz CT molecular complexity index is 350. The highest BCUT2D eigenvalue weighted by molar-refractivity contribution is 5.83. The molecule has 2 heterocycles. The van der Waals surface area contributed by atoms with Gasteiger partial charge >= 0.3 is 0 Å². The Balaban J connectivity index is 1.60. The molecule has 18 heavy (non-hydrogen) atoms. The van der Waals surface area contributed by atoms with Crippen molar-refractivity contribution in [2.24, 2.45) is 17.8 Å². The zero-order valence-electron chi connectivity index (χ0n) is 11.4. The molecule has 3 unspecified atom stereocenters. The molecule has 3 aliphatic rings. The number of rotatable bonds is 2. The van der Waals surface area contributed by atoms with Gasteiger partial charge in [0, 0.05) is 0 Å². The molecule has 1 aliphatic carbocycles. The lowest BCUT2D eigenvalue weighted by atomic mass is 9.82. The number of likely N-dealkylation sites (tertiary alicyclic amines) is 1. The molecular formula is C14H24N2O2. The van der Waals surface area contributed by atoms with Crippen LogP contribution in [0.4, 0.5) is 0 Å². The van der Waals surface area contributed by atoms with Gasteiger partial charge in [0.25, 0.3) is 0 Å². The van der Waals surface area contributed by atoms with Gasteiger partial charge in [0.2, 0.25) is 5.91 Å². The van der Waals surface area contributed by atoms with Crippen molar-refractivity contribution in [3.8, 4) is 0 Å². The van der Waals surface area contributed by atoms with Crippen LogP contribution in [0.5, 0.6) is 0 Å². The first-order valence-electron chi connectivity index (χ1n) is 7.26. The molecule has 3 fully saturated rings. The number of amides is 1. The Kier molecular flexibility index (Phi) is 2.90. The number of hydrogen-bond acceptors (Lipinski definition) is 3. The second kappa shape index (κ2) is 4.20. The molecule has 0 radical (unpaired) electrons. The van der Waals surface area contributed by atoms with Crippen LogP contribution in [-0.2, 0) is 4.79 Å². The predicted molar refractivity (Wildman–Crippen MR) is 69.0 cm³/mol. The molecule has 1 saturated carbocycles. The summed E-state index contributed by atoms with van der Waals surface area (Å²) in [4.78, 5) is 14.3. The number of nitrogens with one attached hydrogen (secondary N) is 1. The lowest BCUT2D eigenvalue weighted by Gasteiger charge is -2.50. The third kappa shape index (κ3) is 1.77. The number of hydrogen-bond donors (Lipinski definition) is 2. The average Bonchev–Trinajstić information content (AvgIpc) is 2.84. The number of nitrogens with zero attached hydrogens (tertiary/aromatic N) is 1. The van der Waals surface area contributed by atoms with Crippen molar-refractivity contribution in [2.75, 3.05) is 19.6 Å². The van der Waals surface area contributed by atoms with Gasteiger partial charge in [-0.15, -0.1) is 0 Å². The highest BCUT2D eigenvalue weighted by atomic mass is 16.3. The van der Waals surface area contributed by atoms with Gasteiger partial charge in [0.15, 0.2) is 0 Å². The molecular weight excluding hydrogens is 228 g/mol. The van der Waals surface area contributed by atoms with Gasteiger partial charge in [-0.1, -0.05) is 20.3 Å². The Hall–Kier alpha value is -0.610. The monoisotopic (exact) mass is 252 g/mol. The number of fused-ring (bicyclic) bond motifs is 1. The summed E-state index contributed by atoms with van der Waals surface area (Å²) >= 11 is 0. The molecule has 4 nitrogen and oxygen atoms in total. The van der Waals surface area contributed by atoms with E-state index in [2.05, 4.69) is 5.32 Å². The van der Waals surface area contributed by atoms with Gasteiger partial charge in [-0.3, -0.25) is 4.79 Å². The van der Waals surface area contributed by atoms with E-state index in [4.69, 9.17) is 0 Å². The molecule has 0 bridgehead atoms. The van der Waals surface area contributed by atoms with Crippen molar-refractivity contribution in [2.45, 2.75) is 44.8 Å². The van der Waals surface area contributed by atoms with Crippen LogP contribution in [0.2, 0.25) is 0 Å². The molecule has 3 atom stereocenters.